The van der Waals surface area contributed by atoms with E-state index in [4.69, 9.17) is 4.74 Å². The van der Waals surface area contributed by atoms with Gasteiger partial charge in [-0.1, -0.05) is 40.2 Å². The summed E-state index contributed by atoms with van der Waals surface area (Å²) in [7, 11) is 0. The van der Waals surface area contributed by atoms with Crippen LogP contribution in [0.4, 0.5) is 0 Å². The Kier molecular flexibility index (Phi) is 4.61. The molecular formula is C16H17BrO2. The summed E-state index contributed by atoms with van der Waals surface area (Å²) in [6.07, 6.45) is -0.641. The maximum Gasteiger partial charge on any atom is 0.119 e. The van der Waals surface area contributed by atoms with E-state index in [-0.39, 0.29) is 0 Å². The average molecular weight is 321 g/mol. The van der Waals surface area contributed by atoms with Crippen LogP contribution in [0.15, 0.2) is 46.9 Å². The van der Waals surface area contributed by atoms with Crippen molar-refractivity contribution in [2.75, 3.05) is 6.61 Å². The molecule has 0 radical (unpaired) electrons. The van der Waals surface area contributed by atoms with Crippen LogP contribution in [0.2, 0.25) is 0 Å². The van der Waals surface area contributed by atoms with Gasteiger partial charge in [0.05, 0.1) is 6.61 Å². The molecule has 2 aromatic carbocycles. The second kappa shape index (κ2) is 6.22. The van der Waals surface area contributed by atoms with Crippen molar-refractivity contribution in [3.05, 3.63) is 63.6 Å². The summed E-state index contributed by atoms with van der Waals surface area (Å²) < 4.78 is 6.47. The van der Waals surface area contributed by atoms with E-state index in [0.717, 1.165) is 26.9 Å². The molecule has 0 saturated heterocycles. The van der Waals surface area contributed by atoms with Gasteiger partial charge >= 0.3 is 0 Å². The summed E-state index contributed by atoms with van der Waals surface area (Å²) in [6.45, 7) is 4.56. The minimum absolute atomic E-state index is 0.620. The van der Waals surface area contributed by atoms with Crippen molar-refractivity contribution in [3.8, 4) is 5.75 Å². The Morgan fingerprint density at radius 3 is 2.68 bits per heavy atom. The summed E-state index contributed by atoms with van der Waals surface area (Å²) >= 11 is 3.49. The summed E-state index contributed by atoms with van der Waals surface area (Å²) in [4.78, 5) is 0. The van der Waals surface area contributed by atoms with Gasteiger partial charge in [0.2, 0.25) is 0 Å². The van der Waals surface area contributed by atoms with Crippen molar-refractivity contribution in [1.82, 2.24) is 0 Å². The zero-order chi connectivity index (χ0) is 13.8. The van der Waals surface area contributed by atoms with Crippen LogP contribution in [0.3, 0.4) is 0 Å². The minimum Gasteiger partial charge on any atom is -0.494 e. The van der Waals surface area contributed by atoms with Gasteiger partial charge in [-0.05, 0) is 48.7 Å². The molecule has 0 spiro atoms. The van der Waals surface area contributed by atoms with Gasteiger partial charge in [-0.2, -0.15) is 0 Å². The van der Waals surface area contributed by atoms with Crippen molar-refractivity contribution in [3.63, 3.8) is 0 Å². The molecule has 0 heterocycles. The molecule has 3 heteroatoms. The Bertz CT molecular complexity index is 566. The van der Waals surface area contributed by atoms with E-state index in [1.165, 1.54) is 0 Å². The molecule has 2 aromatic rings. The summed E-state index contributed by atoms with van der Waals surface area (Å²) in [5, 5.41) is 10.5. The highest BCUT2D eigenvalue weighted by Crippen LogP contribution is 2.30. The molecule has 0 aliphatic carbocycles. The zero-order valence-corrected chi connectivity index (χ0v) is 12.6. The lowest BCUT2D eigenvalue weighted by molar-refractivity contribution is 0.218. The van der Waals surface area contributed by atoms with Crippen LogP contribution in [0.5, 0.6) is 5.75 Å². The first-order valence-electron chi connectivity index (χ1n) is 6.29. The van der Waals surface area contributed by atoms with Crippen molar-refractivity contribution >= 4 is 15.9 Å². The molecule has 0 aromatic heterocycles. The van der Waals surface area contributed by atoms with Crippen molar-refractivity contribution < 1.29 is 9.84 Å². The van der Waals surface area contributed by atoms with E-state index in [9.17, 15) is 5.11 Å². The van der Waals surface area contributed by atoms with E-state index in [0.29, 0.717) is 6.61 Å². The predicted octanol–water partition coefficient (Wildman–Crippen LogP) is 4.24. The first kappa shape index (κ1) is 14.1. The van der Waals surface area contributed by atoms with E-state index in [2.05, 4.69) is 15.9 Å². The molecule has 19 heavy (non-hydrogen) atoms. The number of hydrogen-bond acceptors (Lipinski definition) is 2. The SMILES string of the molecule is CCOc1cccc(C(O)c2cccc(Br)c2C)c1. The smallest absolute Gasteiger partial charge is 0.119 e. The molecule has 0 fully saturated rings. The number of aliphatic hydroxyl groups excluding tert-OH is 1. The van der Waals surface area contributed by atoms with Gasteiger partial charge in [0.1, 0.15) is 11.9 Å². The lowest BCUT2D eigenvalue weighted by Gasteiger charge is -2.16. The van der Waals surface area contributed by atoms with Crippen LogP contribution in [0.25, 0.3) is 0 Å². The van der Waals surface area contributed by atoms with E-state index < -0.39 is 6.10 Å². The van der Waals surface area contributed by atoms with Gasteiger partial charge in [-0.25, -0.2) is 0 Å². The quantitative estimate of drug-likeness (QED) is 0.913. The topological polar surface area (TPSA) is 29.5 Å². The first-order chi connectivity index (χ1) is 9.13. The molecule has 1 atom stereocenters. The van der Waals surface area contributed by atoms with Crippen LogP contribution in [0, 0.1) is 6.92 Å². The first-order valence-corrected chi connectivity index (χ1v) is 7.08. The number of rotatable bonds is 4. The van der Waals surface area contributed by atoms with E-state index >= 15 is 0 Å². The second-order valence-corrected chi connectivity index (χ2v) is 5.22. The molecule has 0 bridgehead atoms. The summed E-state index contributed by atoms with van der Waals surface area (Å²) in [6, 6.07) is 13.4. The largest absolute Gasteiger partial charge is 0.494 e. The Morgan fingerprint density at radius 2 is 1.95 bits per heavy atom. The van der Waals surface area contributed by atoms with Gasteiger partial charge in [0, 0.05) is 4.47 Å². The molecule has 0 amide bonds. The van der Waals surface area contributed by atoms with E-state index in [1.54, 1.807) is 0 Å². The highest BCUT2D eigenvalue weighted by atomic mass is 79.9. The third-order valence-corrected chi connectivity index (χ3v) is 3.95. The molecule has 2 nitrogen and oxygen atoms in total. The Labute approximate surface area is 122 Å². The van der Waals surface area contributed by atoms with Crippen LogP contribution in [0.1, 0.15) is 29.7 Å². The Morgan fingerprint density at radius 1 is 1.21 bits per heavy atom. The summed E-state index contributed by atoms with van der Waals surface area (Å²) in [5.74, 6) is 0.784. The fourth-order valence-electron chi connectivity index (χ4n) is 2.04. The lowest BCUT2D eigenvalue weighted by atomic mass is 9.97. The Balaban J connectivity index is 2.35. The number of hydrogen-bond donors (Lipinski definition) is 1. The number of aliphatic hydroxyl groups is 1. The standard InChI is InChI=1S/C16H17BrO2/c1-3-19-13-7-4-6-12(10-13)16(18)14-8-5-9-15(17)11(14)2/h4-10,16,18H,3H2,1-2H3. The maximum atomic E-state index is 10.5. The van der Waals surface area contributed by atoms with Crippen molar-refractivity contribution in [2.24, 2.45) is 0 Å². The van der Waals surface area contributed by atoms with Gasteiger partial charge in [-0.3, -0.25) is 0 Å². The zero-order valence-electron chi connectivity index (χ0n) is 11.1. The van der Waals surface area contributed by atoms with Crippen LogP contribution >= 0.6 is 15.9 Å². The van der Waals surface area contributed by atoms with Crippen molar-refractivity contribution in [2.45, 2.75) is 20.0 Å². The maximum absolute atomic E-state index is 10.5. The second-order valence-electron chi connectivity index (χ2n) is 4.36. The van der Waals surface area contributed by atoms with Crippen LogP contribution in [-0.4, -0.2) is 11.7 Å². The van der Waals surface area contributed by atoms with Crippen molar-refractivity contribution in [1.29, 1.82) is 0 Å². The number of ether oxygens (including phenoxy) is 1. The number of halogens is 1. The highest BCUT2D eigenvalue weighted by Gasteiger charge is 2.14. The van der Waals surface area contributed by atoms with Gasteiger partial charge in [0.15, 0.2) is 0 Å². The van der Waals surface area contributed by atoms with Gasteiger partial charge < -0.3 is 9.84 Å². The van der Waals surface area contributed by atoms with Gasteiger partial charge in [-0.15, -0.1) is 0 Å². The third kappa shape index (κ3) is 3.17. The normalized spacial score (nSPS) is 12.2. The fourth-order valence-corrected chi connectivity index (χ4v) is 2.42. The van der Waals surface area contributed by atoms with Crippen LogP contribution < -0.4 is 4.74 Å². The molecule has 0 aliphatic heterocycles. The lowest BCUT2D eigenvalue weighted by Crippen LogP contribution is -2.03. The van der Waals surface area contributed by atoms with Gasteiger partial charge in [0.25, 0.3) is 0 Å². The molecule has 1 N–H and O–H groups in total. The molecule has 1 unspecified atom stereocenters. The molecule has 100 valence electrons. The highest BCUT2D eigenvalue weighted by molar-refractivity contribution is 9.10. The monoisotopic (exact) mass is 320 g/mol. The molecule has 2 rings (SSSR count). The third-order valence-electron chi connectivity index (χ3n) is 3.09. The summed E-state index contributed by atoms with van der Waals surface area (Å²) in [5.41, 5.74) is 2.80. The molecule has 0 aliphatic rings. The van der Waals surface area contributed by atoms with Crippen LogP contribution in [-0.2, 0) is 0 Å². The fraction of sp³-hybridized carbons (Fsp3) is 0.250. The molecular weight excluding hydrogens is 304 g/mol. The molecule has 0 saturated carbocycles. The average Bonchev–Trinajstić information content (AvgIpc) is 2.42. The minimum atomic E-state index is -0.641. The number of benzene rings is 2. The Hall–Kier alpha value is -1.32. The predicted molar refractivity (Wildman–Crippen MR) is 80.6 cm³/mol. The van der Waals surface area contributed by atoms with E-state index in [1.807, 2.05) is 56.3 Å².